The molecule has 2 aromatic carbocycles. The lowest BCUT2D eigenvalue weighted by Gasteiger charge is -2.38. The minimum absolute atomic E-state index is 0.0149. The molecule has 0 aromatic heterocycles. The van der Waals surface area contributed by atoms with Gasteiger partial charge in [-0.3, -0.25) is 4.79 Å². The van der Waals surface area contributed by atoms with E-state index in [1.165, 1.54) is 34.6 Å². The third-order valence-corrected chi connectivity index (χ3v) is 11.3. The molecule has 1 saturated carbocycles. The molecule has 5 atom stereocenters. The highest BCUT2D eigenvalue weighted by atomic mass is 32.2. The molecular formula is C31H38F4N4O5S. The number of anilines is 1. The Kier molecular flexibility index (Phi) is 10.0. The number of carbonyl (C=O) groups excluding carboxylic acids is 1. The van der Waals surface area contributed by atoms with Gasteiger partial charge in [0.1, 0.15) is 17.7 Å². The van der Waals surface area contributed by atoms with Gasteiger partial charge in [0.25, 0.3) is 0 Å². The predicted octanol–water partition coefficient (Wildman–Crippen LogP) is 4.85. The van der Waals surface area contributed by atoms with Gasteiger partial charge in [0.2, 0.25) is 21.9 Å². The van der Waals surface area contributed by atoms with Crippen LogP contribution in [-0.4, -0.2) is 72.7 Å². The van der Waals surface area contributed by atoms with Crippen LogP contribution in [0.1, 0.15) is 62.0 Å². The van der Waals surface area contributed by atoms with Gasteiger partial charge in [0.15, 0.2) is 0 Å². The van der Waals surface area contributed by atoms with Crippen molar-refractivity contribution in [1.29, 1.82) is 0 Å². The third kappa shape index (κ3) is 7.95. The molecule has 2 bridgehead atoms. The molecular weight excluding hydrogens is 616 g/mol. The van der Waals surface area contributed by atoms with E-state index in [9.17, 15) is 36.3 Å². The fourth-order valence-electron chi connectivity index (χ4n) is 6.99. The Morgan fingerprint density at radius 3 is 2.47 bits per heavy atom. The molecule has 5 unspecified atom stereocenters. The van der Waals surface area contributed by atoms with E-state index in [1.807, 2.05) is 0 Å². The van der Waals surface area contributed by atoms with Crippen molar-refractivity contribution in [2.75, 3.05) is 24.2 Å². The smallest absolute Gasteiger partial charge is 0.405 e. The van der Waals surface area contributed by atoms with Crippen molar-refractivity contribution < 1.29 is 40.7 Å². The highest BCUT2D eigenvalue weighted by molar-refractivity contribution is 7.89. The average Bonchev–Trinajstić information content (AvgIpc) is 3.09. The maximum absolute atomic E-state index is 15.2. The third-order valence-electron chi connectivity index (χ3n) is 9.31. The molecule has 2 saturated heterocycles. The van der Waals surface area contributed by atoms with Crippen molar-refractivity contribution in [1.82, 2.24) is 14.9 Å². The number of nitrogens with one attached hydrogen (secondary N) is 3. The minimum Gasteiger partial charge on any atom is -0.465 e. The number of rotatable bonds is 9. The number of carboxylic acid groups (broad SMARTS) is 1. The number of benzene rings is 2. The van der Waals surface area contributed by atoms with E-state index in [0.717, 1.165) is 18.6 Å². The molecule has 2 amide bonds. The zero-order chi connectivity index (χ0) is 32.4. The molecule has 0 spiro atoms. The molecule has 14 heteroatoms. The van der Waals surface area contributed by atoms with Crippen molar-refractivity contribution in [3.05, 3.63) is 65.2 Å². The number of alkyl halides is 2. The van der Waals surface area contributed by atoms with E-state index >= 15 is 4.39 Å². The highest BCUT2D eigenvalue weighted by Gasteiger charge is 2.43. The lowest BCUT2D eigenvalue weighted by atomic mass is 9.72. The molecule has 246 valence electrons. The Morgan fingerprint density at radius 1 is 1.07 bits per heavy atom. The molecule has 9 nitrogen and oxygen atoms in total. The average molecular weight is 655 g/mol. The molecule has 0 radical (unpaired) electrons. The van der Waals surface area contributed by atoms with Crippen LogP contribution in [0.25, 0.3) is 0 Å². The van der Waals surface area contributed by atoms with Gasteiger partial charge in [-0.15, -0.1) is 0 Å². The predicted molar refractivity (Wildman–Crippen MR) is 160 cm³/mol. The van der Waals surface area contributed by atoms with Crippen LogP contribution in [0.5, 0.6) is 0 Å². The van der Waals surface area contributed by atoms with Gasteiger partial charge in [0.05, 0.1) is 5.75 Å². The highest BCUT2D eigenvalue weighted by Crippen LogP contribution is 2.44. The van der Waals surface area contributed by atoms with Gasteiger partial charge < -0.3 is 21.1 Å². The van der Waals surface area contributed by atoms with E-state index in [2.05, 4.69) is 16.0 Å². The van der Waals surface area contributed by atoms with Crippen molar-refractivity contribution >= 4 is 27.7 Å². The molecule has 2 aromatic rings. The Labute approximate surface area is 259 Å². The van der Waals surface area contributed by atoms with Gasteiger partial charge in [-0.1, -0.05) is 18.2 Å². The summed E-state index contributed by atoms with van der Waals surface area (Å²) in [6.45, 7) is 0.749. The number of fused-ring (bicyclic) bond motifs is 2. The molecule has 2 heterocycles. The van der Waals surface area contributed by atoms with Crippen LogP contribution in [0.15, 0.2) is 42.5 Å². The minimum atomic E-state index is -3.47. The first-order chi connectivity index (χ1) is 21.3. The molecule has 3 fully saturated rings. The van der Waals surface area contributed by atoms with E-state index < -0.39 is 76.3 Å². The number of piperazine rings is 1. The Morgan fingerprint density at radius 2 is 1.78 bits per heavy atom. The summed E-state index contributed by atoms with van der Waals surface area (Å²) in [6.07, 6.45) is -0.704. The zero-order valence-corrected chi connectivity index (χ0v) is 25.5. The maximum atomic E-state index is 15.2. The van der Waals surface area contributed by atoms with E-state index in [0.29, 0.717) is 25.1 Å². The summed E-state index contributed by atoms with van der Waals surface area (Å²) < 4.78 is 84.5. The lowest BCUT2D eigenvalue weighted by Crippen LogP contribution is -2.57. The number of amides is 2. The molecule has 1 aliphatic carbocycles. The zero-order valence-electron chi connectivity index (χ0n) is 24.7. The Bertz CT molecular complexity index is 1480. The van der Waals surface area contributed by atoms with Crippen molar-refractivity contribution in [3.63, 3.8) is 0 Å². The van der Waals surface area contributed by atoms with Crippen molar-refractivity contribution in [2.45, 2.75) is 81.3 Å². The lowest BCUT2D eigenvalue weighted by molar-refractivity contribution is -0.119. The van der Waals surface area contributed by atoms with Crippen LogP contribution in [0.2, 0.25) is 0 Å². The van der Waals surface area contributed by atoms with E-state index in [-0.39, 0.29) is 48.7 Å². The van der Waals surface area contributed by atoms with Crippen LogP contribution in [0, 0.1) is 17.6 Å². The Hall–Kier alpha value is -3.23. The molecule has 2 aliphatic heterocycles. The molecule has 3 aliphatic rings. The van der Waals surface area contributed by atoms with Gasteiger partial charge in [-0.2, -0.15) is 4.31 Å². The fourth-order valence-corrected chi connectivity index (χ4v) is 8.80. The number of sulfonamides is 1. The normalized spacial score (nSPS) is 25.8. The summed E-state index contributed by atoms with van der Waals surface area (Å²) in [7, 11) is -3.47. The largest absolute Gasteiger partial charge is 0.465 e. The first kappa shape index (κ1) is 33.1. The quantitative estimate of drug-likeness (QED) is 0.287. The summed E-state index contributed by atoms with van der Waals surface area (Å²) in [5.74, 6) is -6.27. The number of hydrogen-bond donors (Lipinski definition) is 4. The second-order valence-corrected chi connectivity index (χ2v) is 14.3. The van der Waals surface area contributed by atoms with E-state index in [4.69, 9.17) is 0 Å². The first-order valence-corrected chi connectivity index (χ1v) is 16.9. The second-order valence-electron chi connectivity index (χ2n) is 12.3. The van der Waals surface area contributed by atoms with E-state index in [1.54, 1.807) is 0 Å². The number of halogens is 4. The summed E-state index contributed by atoms with van der Waals surface area (Å²) in [4.78, 5) is 25.8. The summed E-state index contributed by atoms with van der Waals surface area (Å²) in [6, 6.07) is 7.39. The fraction of sp³-hybridized carbons (Fsp3) is 0.548. The Balaban J connectivity index is 1.40. The van der Waals surface area contributed by atoms with Gasteiger partial charge in [-0.25, -0.2) is 30.8 Å². The molecule has 45 heavy (non-hydrogen) atoms. The van der Waals surface area contributed by atoms with Crippen LogP contribution < -0.4 is 16.0 Å². The number of hydrogen-bond acceptors (Lipinski definition) is 5. The second kappa shape index (κ2) is 13.6. The monoisotopic (exact) mass is 654 g/mol. The maximum Gasteiger partial charge on any atom is 0.405 e. The van der Waals surface area contributed by atoms with Gasteiger partial charge in [0, 0.05) is 55.2 Å². The number of carbonyl (C=O) groups is 2. The van der Waals surface area contributed by atoms with Crippen LogP contribution in [0.3, 0.4) is 0 Å². The SMILES string of the molecule is O=C(O)NC(C(=O)Nc1cccc(F)c1CCC1CNC2CCCS(=O)(=O)N1C2)C(c1ccc(F)cc1)C1CCC(F)(F)CC1. The van der Waals surface area contributed by atoms with Gasteiger partial charge >= 0.3 is 6.09 Å². The summed E-state index contributed by atoms with van der Waals surface area (Å²) in [5.41, 5.74) is 0.622. The number of nitrogens with zero attached hydrogens (tertiary/aromatic N) is 1. The van der Waals surface area contributed by atoms with Crippen molar-refractivity contribution in [2.24, 2.45) is 5.92 Å². The first-order valence-electron chi connectivity index (χ1n) is 15.3. The molecule has 4 N–H and O–H groups in total. The van der Waals surface area contributed by atoms with Crippen molar-refractivity contribution in [3.8, 4) is 0 Å². The van der Waals surface area contributed by atoms with Crippen LogP contribution in [0.4, 0.5) is 28.0 Å². The summed E-state index contributed by atoms with van der Waals surface area (Å²) >= 11 is 0. The van der Waals surface area contributed by atoms with Crippen LogP contribution in [-0.2, 0) is 21.2 Å². The standard InChI is InChI=1S/C31H38F4N4O5S/c32-21-8-6-19(7-9-21)27(20-12-14-31(34,35)15-13-20)28(38-30(41)42)29(40)37-26-5-1-4-25(33)24(26)11-10-23-17-36-22-3-2-16-45(43,44)39(23)18-22/h1,4-9,20,22-23,27-28,36,38H,2-3,10-18H2,(H,37,40)(H,41,42). The summed E-state index contributed by atoms with van der Waals surface area (Å²) in [5, 5.41) is 18.0. The van der Waals surface area contributed by atoms with Gasteiger partial charge in [-0.05, 0) is 74.3 Å². The topological polar surface area (TPSA) is 128 Å². The molecule has 5 rings (SSSR count). The van der Waals surface area contributed by atoms with Crippen LogP contribution >= 0.6 is 0 Å².